The zero-order valence-electron chi connectivity index (χ0n) is 11.7. The largest absolute Gasteiger partial charge is 0.312 e. The Morgan fingerprint density at radius 3 is 2.79 bits per heavy atom. The van der Waals surface area contributed by atoms with Crippen molar-refractivity contribution in [3.8, 4) is 5.69 Å². The summed E-state index contributed by atoms with van der Waals surface area (Å²) >= 11 is 3.54. The molecule has 2 rings (SSSR count). The van der Waals surface area contributed by atoms with Gasteiger partial charge in [-0.25, -0.2) is 4.68 Å². The quantitative estimate of drug-likeness (QED) is 0.910. The van der Waals surface area contributed by atoms with Crippen molar-refractivity contribution in [2.75, 3.05) is 6.54 Å². The number of aromatic nitrogens is 2. The Morgan fingerprint density at radius 1 is 1.37 bits per heavy atom. The SMILES string of the molecule is Cc1cnn(-c2ccc(Br)cc2CNCC(C)C)c1. The zero-order valence-corrected chi connectivity index (χ0v) is 13.2. The highest BCUT2D eigenvalue weighted by molar-refractivity contribution is 9.10. The van der Waals surface area contributed by atoms with E-state index in [2.05, 4.69) is 71.5 Å². The van der Waals surface area contributed by atoms with Crippen molar-refractivity contribution in [1.82, 2.24) is 15.1 Å². The lowest BCUT2D eigenvalue weighted by molar-refractivity contribution is 0.551. The average molecular weight is 322 g/mol. The number of hydrogen-bond acceptors (Lipinski definition) is 2. The highest BCUT2D eigenvalue weighted by Crippen LogP contribution is 2.20. The second kappa shape index (κ2) is 6.35. The van der Waals surface area contributed by atoms with E-state index in [1.54, 1.807) is 0 Å². The fourth-order valence-corrected chi connectivity index (χ4v) is 2.37. The van der Waals surface area contributed by atoms with Crippen LogP contribution in [0.3, 0.4) is 0 Å². The number of nitrogens with one attached hydrogen (secondary N) is 1. The van der Waals surface area contributed by atoms with Gasteiger partial charge in [-0.2, -0.15) is 5.10 Å². The van der Waals surface area contributed by atoms with Gasteiger partial charge in [-0.3, -0.25) is 0 Å². The molecular weight excluding hydrogens is 302 g/mol. The summed E-state index contributed by atoms with van der Waals surface area (Å²) in [6.45, 7) is 8.35. The minimum Gasteiger partial charge on any atom is -0.312 e. The zero-order chi connectivity index (χ0) is 13.8. The summed E-state index contributed by atoms with van der Waals surface area (Å²) in [7, 11) is 0. The van der Waals surface area contributed by atoms with Gasteiger partial charge in [0.05, 0.1) is 11.9 Å². The number of rotatable bonds is 5. The smallest absolute Gasteiger partial charge is 0.0691 e. The molecular formula is C15H20BrN3. The second-order valence-electron chi connectivity index (χ2n) is 5.26. The molecule has 4 heteroatoms. The van der Waals surface area contributed by atoms with E-state index in [4.69, 9.17) is 0 Å². The molecule has 0 aliphatic carbocycles. The van der Waals surface area contributed by atoms with Crippen molar-refractivity contribution in [3.05, 3.63) is 46.2 Å². The summed E-state index contributed by atoms with van der Waals surface area (Å²) in [5.41, 5.74) is 3.55. The van der Waals surface area contributed by atoms with Crippen LogP contribution in [-0.2, 0) is 6.54 Å². The normalized spacial score (nSPS) is 11.2. The van der Waals surface area contributed by atoms with Gasteiger partial charge in [0, 0.05) is 17.2 Å². The van der Waals surface area contributed by atoms with Crippen LogP contribution in [0.15, 0.2) is 35.1 Å². The van der Waals surface area contributed by atoms with Gasteiger partial charge in [0.1, 0.15) is 0 Å². The first-order valence-corrected chi connectivity index (χ1v) is 7.36. The third-order valence-electron chi connectivity index (χ3n) is 2.87. The summed E-state index contributed by atoms with van der Waals surface area (Å²) in [5, 5.41) is 7.88. The Morgan fingerprint density at radius 2 is 2.16 bits per heavy atom. The van der Waals surface area contributed by atoms with Crippen LogP contribution in [-0.4, -0.2) is 16.3 Å². The molecule has 0 aliphatic heterocycles. The Bertz CT molecular complexity index is 546. The molecule has 0 atom stereocenters. The molecule has 0 aliphatic rings. The predicted molar refractivity (Wildman–Crippen MR) is 82.5 cm³/mol. The molecule has 19 heavy (non-hydrogen) atoms. The van der Waals surface area contributed by atoms with Crippen LogP contribution in [0, 0.1) is 12.8 Å². The average Bonchev–Trinajstić information content (AvgIpc) is 2.75. The molecule has 0 saturated carbocycles. The minimum atomic E-state index is 0.655. The Kier molecular flexibility index (Phi) is 4.77. The Labute approximate surface area is 123 Å². The van der Waals surface area contributed by atoms with Crippen LogP contribution in [0.5, 0.6) is 0 Å². The predicted octanol–water partition coefficient (Wildman–Crippen LogP) is 3.69. The molecule has 0 amide bonds. The van der Waals surface area contributed by atoms with Gasteiger partial charge >= 0.3 is 0 Å². The molecule has 3 nitrogen and oxygen atoms in total. The molecule has 0 fully saturated rings. The molecule has 1 heterocycles. The van der Waals surface area contributed by atoms with Crippen molar-refractivity contribution >= 4 is 15.9 Å². The standard InChI is InChI=1S/C15H20BrN3/c1-11(2)7-17-9-13-6-14(16)4-5-15(13)19-10-12(3)8-18-19/h4-6,8,10-11,17H,7,9H2,1-3H3. The number of benzene rings is 1. The van der Waals surface area contributed by atoms with Gasteiger partial charge in [-0.15, -0.1) is 0 Å². The highest BCUT2D eigenvalue weighted by Gasteiger charge is 2.07. The summed E-state index contributed by atoms with van der Waals surface area (Å²) in [5.74, 6) is 0.655. The maximum Gasteiger partial charge on any atom is 0.0691 e. The Hall–Kier alpha value is -1.13. The molecule has 1 aromatic heterocycles. The lowest BCUT2D eigenvalue weighted by Crippen LogP contribution is -2.20. The molecule has 0 radical (unpaired) electrons. The molecule has 0 bridgehead atoms. The lowest BCUT2D eigenvalue weighted by atomic mass is 10.1. The van der Waals surface area contributed by atoms with Gasteiger partial charge in [-0.1, -0.05) is 29.8 Å². The van der Waals surface area contributed by atoms with Crippen molar-refractivity contribution in [1.29, 1.82) is 0 Å². The van der Waals surface area contributed by atoms with Gasteiger partial charge < -0.3 is 5.32 Å². The maximum absolute atomic E-state index is 4.39. The number of nitrogens with zero attached hydrogens (tertiary/aromatic N) is 2. The molecule has 1 N–H and O–H groups in total. The summed E-state index contributed by atoms with van der Waals surface area (Å²) in [6, 6.07) is 6.31. The van der Waals surface area contributed by atoms with Crippen molar-refractivity contribution in [2.45, 2.75) is 27.3 Å². The van der Waals surface area contributed by atoms with Gasteiger partial charge in [0.25, 0.3) is 0 Å². The van der Waals surface area contributed by atoms with Crippen molar-refractivity contribution in [2.24, 2.45) is 5.92 Å². The van der Waals surface area contributed by atoms with E-state index in [1.165, 1.54) is 11.1 Å². The van der Waals surface area contributed by atoms with Crippen LogP contribution in [0.25, 0.3) is 5.69 Å². The third kappa shape index (κ3) is 3.91. The molecule has 0 spiro atoms. The van der Waals surface area contributed by atoms with E-state index in [0.29, 0.717) is 5.92 Å². The minimum absolute atomic E-state index is 0.655. The lowest BCUT2D eigenvalue weighted by Gasteiger charge is -2.12. The van der Waals surface area contributed by atoms with Crippen LogP contribution >= 0.6 is 15.9 Å². The molecule has 0 unspecified atom stereocenters. The first kappa shape index (κ1) is 14.3. The van der Waals surface area contributed by atoms with Gasteiger partial charge in [0.15, 0.2) is 0 Å². The third-order valence-corrected chi connectivity index (χ3v) is 3.36. The Balaban J connectivity index is 2.23. The van der Waals surface area contributed by atoms with E-state index in [9.17, 15) is 0 Å². The van der Waals surface area contributed by atoms with E-state index >= 15 is 0 Å². The molecule has 1 aromatic carbocycles. The second-order valence-corrected chi connectivity index (χ2v) is 6.18. The van der Waals surface area contributed by atoms with Crippen molar-refractivity contribution in [3.63, 3.8) is 0 Å². The first-order valence-electron chi connectivity index (χ1n) is 6.57. The maximum atomic E-state index is 4.39. The highest BCUT2D eigenvalue weighted by atomic mass is 79.9. The molecule has 102 valence electrons. The first-order chi connectivity index (χ1) is 9.06. The topological polar surface area (TPSA) is 29.9 Å². The molecule has 2 aromatic rings. The summed E-state index contributed by atoms with van der Waals surface area (Å²) in [4.78, 5) is 0. The summed E-state index contributed by atoms with van der Waals surface area (Å²) in [6.07, 6.45) is 3.93. The van der Waals surface area contributed by atoms with Crippen LogP contribution in [0.2, 0.25) is 0 Å². The van der Waals surface area contributed by atoms with Crippen LogP contribution < -0.4 is 5.32 Å². The van der Waals surface area contributed by atoms with Crippen molar-refractivity contribution < 1.29 is 0 Å². The monoisotopic (exact) mass is 321 g/mol. The fraction of sp³-hybridized carbons (Fsp3) is 0.400. The van der Waals surface area contributed by atoms with E-state index in [-0.39, 0.29) is 0 Å². The van der Waals surface area contributed by atoms with Gasteiger partial charge in [0.2, 0.25) is 0 Å². The molecule has 0 saturated heterocycles. The number of hydrogen-bond donors (Lipinski definition) is 1. The van der Waals surface area contributed by atoms with E-state index < -0.39 is 0 Å². The number of aryl methyl sites for hydroxylation is 1. The van der Waals surface area contributed by atoms with Gasteiger partial charge in [-0.05, 0) is 48.7 Å². The van der Waals surface area contributed by atoms with Crippen LogP contribution in [0.4, 0.5) is 0 Å². The number of halogens is 1. The fourth-order valence-electron chi connectivity index (χ4n) is 1.96. The summed E-state index contributed by atoms with van der Waals surface area (Å²) < 4.78 is 3.04. The van der Waals surface area contributed by atoms with E-state index in [1.807, 2.05) is 10.9 Å². The van der Waals surface area contributed by atoms with E-state index in [0.717, 1.165) is 23.2 Å². The van der Waals surface area contributed by atoms with Crippen LogP contribution in [0.1, 0.15) is 25.0 Å².